The van der Waals surface area contributed by atoms with Crippen LogP contribution in [0.4, 0.5) is 10.1 Å². The molecule has 1 amide bonds. The molecule has 3 N–H and O–H groups in total. The average Bonchev–Trinajstić information content (AvgIpc) is 2.39. The number of hydrogen-bond acceptors (Lipinski definition) is 3. The van der Waals surface area contributed by atoms with Gasteiger partial charge in [-0.15, -0.1) is 0 Å². The van der Waals surface area contributed by atoms with Crippen LogP contribution in [0.1, 0.15) is 23.2 Å². The fraction of sp³-hybridized carbons (Fsp3) is 0.385. The first-order valence-electron chi connectivity index (χ1n) is 6.13. The lowest BCUT2D eigenvalue weighted by Gasteiger charge is -2.22. The standard InChI is InChI=1S/C13H15FN2O3/c14-9-4-1-5-10(11(9)13(18)19)16-12(17)8-3-2-6-15-7-8/h1,4-5,8,15H,2-3,6-7H2,(H,16,17)(H,18,19)/t8-/m1/s1. The molecule has 0 aromatic heterocycles. The summed E-state index contributed by atoms with van der Waals surface area (Å²) in [5, 5.41) is 14.6. The Labute approximate surface area is 109 Å². The number of benzene rings is 1. The van der Waals surface area contributed by atoms with Crippen LogP contribution in [-0.4, -0.2) is 30.1 Å². The molecule has 0 aliphatic carbocycles. The molecule has 1 fully saturated rings. The molecular formula is C13H15FN2O3. The minimum Gasteiger partial charge on any atom is -0.478 e. The first-order chi connectivity index (χ1) is 9.09. The highest BCUT2D eigenvalue weighted by Crippen LogP contribution is 2.21. The van der Waals surface area contributed by atoms with Gasteiger partial charge >= 0.3 is 5.97 Å². The molecule has 1 aromatic carbocycles. The number of hydrogen-bond donors (Lipinski definition) is 3. The van der Waals surface area contributed by atoms with E-state index in [0.717, 1.165) is 25.5 Å². The maximum atomic E-state index is 13.4. The third-order valence-corrected chi connectivity index (χ3v) is 3.15. The second kappa shape index (κ2) is 5.79. The van der Waals surface area contributed by atoms with Gasteiger partial charge in [0.15, 0.2) is 0 Å². The number of carboxylic acids is 1. The monoisotopic (exact) mass is 266 g/mol. The highest BCUT2D eigenvalue weighted by Gasteiger charge is 2.23. The number of carbonyl (C=O) groups excluding carboxylic acids is 1. The summed E-state index contributed by atoms with van der Waals surface area (Å²) in [5.74, 6) is -2.73. The summed E-state index contributed by atoms with van der Waals surface area (Å²) in [6.07, 6.45) is 1.64. The minimum absolute atomic E-state index is 0.00285. The van der Waals surface area contributed by atoms with Gasteiger partial charge in [0.1, 0.15) is 11.4 Å². The number of anilines is 1. The van der Waals surface area contributed by atoms with Gasteiger partial charge in [-0.3, -0.25) is 4.79 Å². The van der Waals surface area contributed by atoms with Gasteiger partial charge in [0.25, 0.3) is 0 Å². The Hall–Kier alpha value is -1.95. The Morgan fingerprint density at radius 3 is 2.84 bits per heavy atom. The number of piperidine rings is 1. The Morgan fingerprint density at radius 1 is 1.42 bits per heavy atom. The van der Waals surface area contributed by atoms with Crippen molar-refractivity contribution >= 4 is 17.6 Å². The molecule has 1 aliphatic heterocycles. The fourth-order valence-corrected chi connectivity index (χ4v) is 2.16. The van der Waals surface area contributed by atoms with Crippen LogP contribution >= 0.6 is 0 Å². The average molecular weight is 266 g/mol. The predicted molar refractivity (Wildman–Crippen MR) is 67.6 cm³/mol. The van der Waals surface area contributed by atoms with Crippen LogP contribution < -0.4 is 10.6 Å². The Kier molecular flexibility index (Phi) is 4.11. The maximum Gasteiger partial charge on any atom is 0.340 e. The van der Waals surface area contributed by atoms with Gasteiger partial charge in [0.2, 0.25) is 5.91 Å². The number of carbonyl (C=O) groups is 2. The molecule has 0 saturated carbocycles. The van der Waals surface area contributed by atoms with Crippen LogP contribution in [0.25, 0.3) is 0 Å². The van der Waals surface area contributed by atoms with Gasteiger partial charge in [-0.05, 0) is 31.5 Å². The highest BCUT2D eigenvalue weighted by atomic mass is 19.1. The summed E-state index contributed by atoms with van der Waals surface area (Å²) in [6, 6.07) is 3.82. The van der Waals surface area contributed by atoms with E-state index in [0.29, 0.717) is 6.54 Å². The van der Waals surface area contributed by atoms with Crippen LogP contribution in [0.2, 0.25) is 0 Å². The third kappa shape index (κ3) is 3.08. The number of amides is 1. The van der Waals surface area contributed by atoms with Gasteiger partial charge < -0.3 is 15.7 Å². The van der Waals surface area contributed by atoms with Crippen molar-refractivity contribution in [1.29, 1.82) is 0 Å². The normalized spacial score (nSPS) is 18.9. The van der Waals surface area contributed by atoms with E-state index in [-0.39, 0.29) is 17.5 Å². The fourth-order valence-electron chi connectivity index (χ4n) is 2.16. The predicted octanol–water partition coefficient (Wildman–Crippen LogP) is 1.46. The molecule has 1 aliphatic rings. The molecular weight excluding hydrogens is 251 g/mol. The summed E-state index contributed by atoms with van der Waals surface area (Å²) in [7, 11) is 0. The lowest BCUT2D eigenvalue weighted by atomic mass is 9.98. The van der Waals surface area contributed by atoms with Crippen LogP contribution in [0, 0.1) is 11.7 Å². The van der Waals surface area contributed by atoms with Gasteiger partial charge in [0, 0.05) is 6.54 Å². The minimum atomic E-state index is -1.39. The molecule has 0 spiro atoms. The second-order valence-electron chi connectivity index (χ2n) is 4.50. The molecule has 1 saturated heterocycles. The van der Waals surface area contributed by atoms with E-state index in [1.54, 1.807) is 0 Å². The molecule has 5 nitrogen and oxygen atoms in total. The van der Waals surface area contributed by atoms with Crippen LogP contribution in [0.5, 0.6) is 0 Å². The molecule has 2 rings (SSSR count). The number of aromatic carboxylic acids is 1. The highest BCUT2D eigenvalue weighted by molar-refractivity contribution is 6.01. The quantitative estimate of drug-likeness (QED) is 0.774. The van der Waals surface area contributed by atoms with Crippen molar-refractivity contribution in [2.75, 3.05) is 18.4 Å². The third-order valence-electron chi connectivity index (χ3n) is 3.15. The zero-order valence-corrected chi connectivity index (χ0v) is 10.3. The van der Waals surface area contributed by atoms with E-state index in [1.807, 2.05) is 0 Å². The molecule has 6 heteroatoms. The van der Waals surface area contributed by atoms with Crippen molar-refractivity contribution in [3.63, 3.8) is 0 Å². The topological polar surface area (TPSA) is 78.4 Å². The summed E-state index contributed by atoms with van der Waals surface area (Å²) in [5.41, 5.74) is -0.498. The molecule has 0 unspecified atom stereocenters. The van der Waals surface area contributed by atoms with Crippen molar-refractivity contribution in [2.45, 2.75) is 12.8 Å². The SMILES string of the molecule is O=C(O)c1c(F)cccc1NC(=O)[C@@H]1CCCNC1. The zero-order chi connectivity index (χ0) is 13.8. The Morgan fingerprint density at radius 2 is 2.21 bits per heavy atom. The summed E-state index contributed by atoms with van der Waals surface area (Å²) >= 11 is 0. The number of rotatable bonds is 3. The van der Waals surface area contributed by atoms with E-state index in [1.165, 1.54) is 12.1 Å². The van der Waals surface area contributed by atoms with E-state index >= 15 is 0 Å². The van der Waals surface area contributed by atoms with Crippen LogP contribution in [-0.2, 0) is 4.79 Å². The van der Waals surface area contributed by atoms with Crippen molar-refractivity contribution in [2.24, 2.45) is 5.92 Å². The Balaban J connectivity index is 2.16. The van der Waals surface area contributed by atoms with Gasteiger partial charge in [-0.2, -0.15) is 0 Å². The second-order valence-corrected chi connectivity index (χ2v) is 4.50. The first-order valence-corrected chi connectivity index (χ1v) is 6.13. The van der Waals surface area contributed by atoms with Gasteiger partial charge in [-0.25, -0.2) is 9.18 Å². The Bertz CT molecular complexity index is 499. The van der Waals surface area contributed by atoms with Crippen molar-refractivity contribution in [3.8, 4) is 0 Å². The largest absolute Gasteiger partial charge is 0.478 e. The van der Waals surface area contributed by atoms with E-state index in [4.69, 9.17) is 5.11 Å². The molecule has 102 valence electrons. The number of nitrogens with one attached hydrogen (secondary N) is 2. The molecule has 1 heterocycles. The molecule has 19 heavy (non-hydrogen) atoms. The smallest absolute Gasteiger partial charge is 0.340 e. The lowest BCUT2D eigenvalue weighted by molar-refractivity contribution is -0.120. The summed E-state index contributed by atoms with van der Waals surface area (Å²) < 4.78 is 13.4. The zero-order valence-electron chi connectivity index (χ0n) is 10.3. The van der Waals surface area contributed by atoms with Crippen molar-refractivity contribution in [1.82, 2.24) is 5.32 Å². The van der Waals surface area contributed by atoms with Crippen LogP contribution in [0.15, 0.2) is 18.2 Å². The molecule has 0 bridgehead atoms. The van der Waals surface area contributed by atoms with E-state index in [9.17, 15) is 14.0 Å². The molecule has 1 aromatic rings. The maximum absolute atomic E-state index is 13.4. The lowest BCUT2D eigenvalue weighted by Crippen LogP contribution is -2.37. The van der Waals surface area contributed by atoms with Gasteiger partial charge in [-0.1, -0.05) is 6.07 Å². The molecule has 0 radical (unpaired) electrons. The van der Waals surface area contributed by atoms with Gasteiger partial charge in [0.05, 0.1) is 11.6 Å². The van der Waals surface area contributed by atoms with Crippen LogP contribution in [0.3, 0.4) is 0 Å². The van der Waals surface area contributed by atoms with Crippen molar-refractivity contribution < 1.29 is 19.1 Å². The summed E-state index contributed by atoms with van der Waals surface area (Å²) in [4.78, 5) is 23.0. The van der Waals surface area contributed by atoms with E-state index in [2.05, 4.69) is 10.6 Å². The summed E-state index contributed by atoms with van der Waals surface area (Å²) in [6.45, 7) is 1.44. The number of halogens is 1. The number of carboxylic acid groups (broad SMARTS) is 1. The van der Waals surface area contributed by atoms with Crippen molar-refractivity contribution in [3.05, 3.63) is 29.6 Å². The van der Waals surface area contributed by atoms with E-state index < -0.39 is 17.3 Å². The first kappa shape index (κ1) is 13.5. The molecule has 1 atom stereocenters.